The second-order valence-corrected chi connectivity index (χ2v) is 6.93. The van der Waals surface area contributed by atoms with Crippen molar-refractivity contribution in [1.29, 1.82) is 0 Å². The van der Waals surface area contributed by atoms with Gasteiger partial charge < -0.3 is 9.64 Å². The van der Waals surface area contributed by atoms with Gasteiger partial charge in [-0.1, -0.05) is 24.1 Å². The highest BCUT2D eigenvalue weighted by atomic mass is 16.6. The summed E-state index contributed by atoms with van der Waals surface area (Å²) in [5.74, 6) is 6.57. The fourth-order valence-corrected chi connectivity index (χ4v) is 2.51. The molecule has 1 amide bonds. The largest absolute Gasteiger partial charge is 0.444 e. The van der Waals surface area contributed by atoms with E-state index in [2.05, 4.69) is 21.8 Å². The molecule has 0 fully saturated rings. The van der Waals surface area contributed by atoms with Crippen molar-refractivity contribution in [3.8, 4) is 11.8 Å². The van der Waals surface area contributed by atoms with Crippen molar-refractivity contribution in [2.45, 2.75) is 39.3 Å². The average molecular weight is 335 g/mol. The number of benzene rings is 1. The molecule has 2 aromatic rings. The number of amides is 1. The van der Waals surface area contributed by atoms with Crippen molar-refractivity contribution in [3.05, 3.63) is 59.2 Å². The van der Waals surface area contributed by atoms with Crippen LogP contribution in [0.25, 0.3) is 0 Å². The predicted molar refractivity (Wildman–Crippen MR) is 94.8 cm³/mol. The molecule has 1 aromatic carbocycles. The zero-order valence-electron chi connectivity index (χ0n) is 14.7. The maximum absolute atomic E-state index is 12.2. The van der Waals surface area contributed by atoms with Gasteiger partial charge in [-0.2, -0.15) is 0 Å². The number of hydrogen-bond donors (Lipinski definition) is 0. The Morgan fingerprint density at radius 3 is 2.68 bits per heavy atom. The van der Waals surface area contributed by atoms with Crippen molar-refractivity contribution in [1.82, 2.24) is 14.9 Å². The fraction of sp³-hybridized carbons (Fsp3) is 0.350. The van der Waals surface area contributed by atoms with Gasteiger partial charge in [0, 0.05) is 30.3 Å². The van der Waals surface area contributed by atoms with Crippen LogP contribution in [-0.4, -0.2) is 33.1 Å². The molecule has 0 N–H and O–H groups in total. The third-order valence-corrected chi connectivity index (χ3v) is 3.68. The molecule has 128 valence electrons. The van der Waals surface area contributed by atoms with Gasteiger partial charge in [-0.3, -0.25) is 0 Å². The van der Waals surface area contributed by atoms with Gasteiger partial charge in [0.15, 0.2) is 0 Å². The molecule has 0 saturated carbocycles. The SMILES string of the molecule is CC(C)(C)OC(=O)N1CCc2nc(C#Cc3ccccc3)ncc2C1. The molecule has 2 heterocycles. The molecule has 1 aliphatic rings. The van der Waals surface area contributed by atoms with Crippen LogP contribution in [0.1, 0.15) is 43.4 Å². The first-order valence-corrected chi connectivity index (χ1v) is 8.30. The Morgan fingerprint density at radius 2 is 1.96 bits per heavy atom. The van der Waals surface area contributed by atoms with E-state index in [9.17, 15) is 4.79 Å². The van der Waals surface area contributed by atoms with Crippen molar-refractivity contribution < 1.29 is 9.53 Å². The van der Waals surface area contributed by atoms with E-state index < -0.39 is 5.60 Å². The minimum Gasteiger partial charge on any atom is -0.444 e. The summed E-state index contributed by atoms with van der Waals surface area (Å²) in [6, 6.07) is 9.75. The summed E-state index contributed by atoms with van der Waals surface area (Å²) in [4.78, 5) is 22.7. The zero-order valence-corrected chi connectivity index (χ0v) is 14.7. The number of aromatic nitrogens is 2. The third kappa shape index (κ3) is 4.57. The van der Waals surface area contributed by atoms with Gasteiger partial charge in [-0.15, -0.1) is 0 Å². The average Bonchev–Trinajstić information content (AvgIpc) is 2.59. The molecule has 0 aliphatic carbocycles. The summed E-state index contributed by atoms with van der Waals surface area (Å²) in [5.41, 5.74) is 2.33. The molecule has 5 heteroatoms. The summed E-state index contributed by atoms with van der Waals surface area (Å²) in [6.07, 6.45) is 2.14. The first-order valence-electron chi connectivity index (χ1n) is 8.30. The number of ether oxygens (including phenoxy) is 1. The lowest BCUT2D eigenvalue weighted by molar-refractivity contribution is 0.0222. The Bertz CT molecular complexity index is 830. The Hall–Kier alpha value is -2.87. The van der Waals surface area contributed by atoms with Gasteiger partial charge in [0.25, 0.3) is 0 Å². The highest BCUT2D eigenvalue weighted by Gasteiger charge is 2.26. The van der Waals surface area contributed by atoms with Crippen LogP contribution in [0, 0.1) is 11.8 Å². The number of nitrogens with zero attached hydrogens (tertiary/aromatic N) is 3. The molecule has 3 rings (SSSR count). The zero-order chi connectivity index (χ0) is 17.9. The van der Waals surface area contributed by atoms with E-state index in [1.54, 1.807) is 11.1 Å². The van der Waals surface area contributed by atoms with E-state index in [1.807, 2.05) is 51.1 Å². The second kappa shape index (κ2) is 6.94. The van der Waals surface area contributed by atoms with Crippen molar-refractivity contribution in [2.75, 3.05) is 6.54 Å². The molecule has 0 bridgehead atoms. The van der Waals surface area contributed by atoms with E-state index in [0.29, 0.717) is 25.3 Å². The van der Waals surface area contributed by atoms with Gasteiger partial charge in [0.2, 0.25) is 5.82 Å². The van der Waals surface area contributed by atoms with E-state index in [0.717, 1.165) is 16.8 Å². The summed E-state index contributed by atoms with van der Waals surface area (Å²) in [7, 11) is 0. The van der Waals surface area contributed by atoms with Crippen molar-refractivity contribution in [3.63, 3.8) is 0 Å². The predicted octanol–water partition coefficient (Wildman–Crippen LogP) is 3.17. The minimum atomic E-state index is -0.495. The van der Waals surface area contributed by atoms with Gasteiger partial charge >= 0.3 is 6.09 Å². The normalized spacial score (nSPS) is 13.5. The van der Waals surface area contributed by atoms with Gasteiger partial charge in [0.05, 0.1) is 12.2 Å². The molecule has 0 spiro atoms. The lowest BCUT2D eigenvalue weighted by Crippen LogP contribution is -2.40. The molecule has 1 aliphatic heterocycles. The van der Waals surface area contributed by atoms with Gasteiger partial charge in [-0.05, 0) is 38.8 Å². The third-order valence-electron chi connectivity index (χ3n) is 3.68. The molecule has 0 atom stereocenters. The van der Waals surface area contributed by atoms with Gasteiger partial charge in [-0.25, -0.2) is 14.8 Å². The Balaban J connectivity index is 1.72. The van der Waals surface area contributed by atoms with Crippen LogP contribution in [0.4, 0.5) is 4.79 Å². The molecule has 5 nitrogen and oxygen atoms in total. The molecular weight excluding hydrogens is 314 g/mol. The number of hydrogen-bond acceptors (Lipinski definition) is 4. The van der Waals surface area contributed by atoms with Crippen LogP contribution in [-0.2, 0) is 17.7 Å². The molecule has 1 aromatic heterocycles. The minimum absolute atomic E-state index is 0.300. The lowest BCUT2D eigenvalue weighted by Gasteiger charge is -2.30. The van der Waals surface area contributed by atoms with Crippen LogP contribution in [0.2, 0.25) is 0 Å². The summed E-state index contributed by atoms with van der Waals surface area (Å²) >= 11 is 0. The van der Waals surface area contributed by atoms with Crippen molar-refractivity contribution >= 4 is 6.09 Å². The maximum atomic E-state index is 12.2. The second-order valence-electron chi connectivity index (χ2n) is 6.93. The van der Waals surface area contributed by atoms with Crippen LogP contribution in [0.5, 0.6) is 0 Å². The quantitative estimate of drug-likeness (QED) is 0.694. The number of fused-ring (bicyclic) bond motifs is 1. The first-order chi connectivity index (χ1) is 11.9. The molecule has 0 unspecified atom stereocenters. The summed E-state index contributed by atoms with van der Waals surface area (Å²) in [6.45, 7) is 6.65. The highest BCUT2D eigenvalue weighted by molar-refractivity contribution is 5.68. The van der Waals surface area contributed by atoms with Crippen LogP contribution < -0.4 is 0 Å². The molecule has 25 heavy (non-hydrogen) atoms. The van der Waals surface area contributed by atoms with E-state index in [1.165, 1.54) is 0 Å². The Kier molecular flexibility index (Phi) is 4.71. The molecule has 0 saturated heterocycles. The standard InChI is InChI=1S/C20H21N3O2/c1-20(2,3)25-19(24)23-12-11-17-16(14-23)13-21-18(22-17)10-9-15-7-5-4-6-8-15/h4-8,13H,11-12,14H2,1-3H3. The Morgan fingerprint density at radius 1 is 1.20 bits per heavy atom. The van der Waals surface area contributed by atoms with E-state index >= 15 is 0 Å². The highest BCUT2D eigenvalue weighted by Crippen LogP contribution is 2.19. The summed E-state index contributed by atoms with van der Waals surface area (Å²) in [5, 5.41) is 0. The van der Waals surface area contributed by atoms with E-state index in [4.69, 9.17) is 4.74 Å². The number of rotatable bonds is 0. The van der Waals surface area contributed by atoms with E-state index in [-0.39, 0.29) is 6.09 Å². The monoisotopic (exact) mass is 335 g/mol. The molecular formula is C20H21N3O2. The fourth-order valence-electron chi connectivity index (χ4n) is 2.51. The molecule has 0 radical (unpaired) electrons. The van der Waals surface area contributed by atoms with Crippen LogP contribution in [0.3, 0.4) is 0 Å². The topological polar surface area (TPSA) is 55.3 Å². The number of carbonyl (C=O) groups excluding carboxylic acids is 1. The summed E-state index contributed by atoms with van der Waals surface area (Å²) < 4.78 is 5.43. The lowest BCUT2D eigenvalue weighted by atomic mass is 10.1. The Labute approximate surface area is 148 Å². The van der Waals surface area contributed by atoms with Crippen LogP contribution in [0.15, 0.2) is 36.5 Å². The number of carbonyl (C=O) groups is 1. The van der Waals surface area contributed by atoms with Gasteiger partial charge in [0.1, 0.15) is 5.60 Å². The van der Waals surface area contributed by atoms with Crippen molar-refractivity contribution in [2.24, 2.45) is 0 Å². The smallest absolute Gasteiger partial charge is 0.410 e. The van der Waals surface area contributed by atoms with Crippen LogP contribution >= 0.6 is 0 Å². The first kappa shape index (κ1) is 17.0. The maximum Gasteiger partial charge on any atom is 0.410 e.